The number of hydrogen-bond acceptors (Lipinski definition) is 3. The molecule has 0 radical (unpaired) electrons. The van der Waals surface area contributed by atoms with E-state index >= 15 is 0 Å². The van der Waals surface area contributed by atoms with Crippen molar-refractivity contribution in [3.05, 3.63) is 40.9 Å². The lowest BCUT2D eigenvalue weighted by molar-refractivity contribution is 0.737. The van der Waals surface area contributed by atoms with E-state index in [2.05, 4.69) is 31.4 Å². The topological polar surface area (TPSA) is 42.7 Å². The predicted octanol–water partition coefficient (Wildman–Crippen LogP) is 2.59. The zero-order valence-electron chi connectivity index (χ0n) is 9.13. The Balaban J connectivity index is 0.00000128. The number of rotatable bonds is 3. The highest BCUT2D eigenvalue weighted by molar-refractivity contribution is 9.10. The van der Waals surface area contributed by atoms with Gasteiger partial charge in [0.05, 0.1) is 6.54 Å². The van der Waals surface area contributed by atoms with Gasteiger partial charge in [0, 0.05) is 10.2 Å². The van der Waals surface area contributed by atoms with Crippen LogP contribution in [0.1, 0.15) is 5.82 Å². The molecule has 0 aliphatic carbocycles. The van der Waals surface area contributed by atoms with Crippen molar-refractivity contribution in [2.45, 2.75) is 6.54 Å². The highest BCUT2D eigenvalue weighted by Crippen LogP contribution is 2.14. The molecule has 0 saturated heterocycles. The van der Waals surface area contributed by atoms with Crippen LogP contribution < -0.4 is 5.32 Å². The molecule has 7 heteroatoms. The molecule has 0 amide bonds. The Morgan fingerprint density at radius 1 is 1.24 bits per heavy atom. The van der Waals surface area contributed by atoms with Crippen molar-refractivity contribution in [2.75, 3.05) is 7.05 Å². The molecule has 0 saturated carbocycles. The first-order valence-electron chi connectivity index (χ1n) is 4.60. The summed E-state index contributed by atoms with van der Waals surface area (Å²) in [4.78, 5) is 0. The summed E-state index contributed by atoms with van der Waals surface area (Å²) in [5.74, 6) is 0.903. The highest BCUT2D eigenvalue weighted by atomic mass is 79.9. The van der Waals surface area contributed by atoms with Gasteiger partial charge in [-0.2, -0.15) is 0 Å². The van der Waals surface area contributed by atoms with Crippen molar-refractivity contribution >= 4 is 40.7 Å². The Hall–Kier alpha value is -0.620. The molecular weight excluding hydrogens is 327 g/mol. The molecule has 2 rings (SSSR count). The molecule has 0 aliphatic rings. The quantitative estimate of drug-likeness (QED) is 0.934. The lowest BCUT2D eigenvalue weighted by Gasteiger charge is -2.05. The summed E-state index contributed by atoms with van der Waals surface area (Å²) in [6.45, 7) is 0.704. The van der Waals surface area contributed by atoms with Gasteiger partial charge in [-0.1, -0.05) is 15.9 Å². The monoisotopic (exact) mass is 338 g/mol. The van der Waals surface area contributed by atoms with Crippen molar-refractivity contribution in [3.8, 4) is 5.69 Å². The zero-order valence-corrected chi connectivity index (χ0v) is 12.3. The fourth-order valence-corrected chi connectivity index (χ4v) is 1.62. The smallest absolute Gasteiger partial charge is 0.151 e. The maximum absolute atomic E-state index is 4.04. The van der Waals surface area contributed by atoms with E-state index in [-0.39, 0.29) is 24.8 Å². The summed E-state index contributed by atoms with van der Waals surface area (Å²) in [6.07, 6.45) is 1.72. The van der Waals surface area contributed by atoms with Crippen molar-refractivity contribution < 1.29 is 0 Å². The molecule has 1 aromatic carbocycles. The van der Waals surface area contributed by atoms with Crippen LogP contribution in [0.2, 0.25) is 0 Å². The molecule has 1 aromatic heterocycles. The van der Waals surface area contributed by atoms with Gasteiger partial charge in [-0.05, 0) is 31.3 Å². The Morgan fingerprint density at radius 2 is 1.88 bits per heavy atom. The Bertz CT molecular complexity index is 444. The fourth-order valence-electron chi connectivity index (χ4n) is 1.35. The molecule has 0 atom stereocenters. The van der Waals surface area contributed by atoms with E-state index in [9.17, 15) is 0 Å². The standard InChI is InChI=1S/C10H11BrN4.2ClH/c1-12-6-10-14-13-7-15(10)9-4-2-8(11)3-5-9;;/h2-5,7,12H,6H2,1H3;2*1H. The van der Waals surface area contributed by atoms with Gasteiger partial charge in [0.1, 0.15) is 6.33 Å². The number of aromatic nitrogens is 3. The van der Waals surface area contributed by atoms with E-state index in [0.717, 1.165) is 16.0 Å². The van der Waals surface area contributed by atoms with E-state index in [1.54, 1.807) is 6.33 Å². The van der Waals surface area contributed by atoms with Crippen molar-refractivity contribution in [2.24, 2.45) is 0 Å². The summed E-state index contributed by atoms with van der Waals surface area (Å²) < 4.78 is 3.03. The van der Waals surface area contributed by atoms with Crippen LogP contribution >= 0.6 is 40.7 Å². The maximum atomic E-state index is 4.04. The average Bonchev–Trinajstić information content (AvgIpc) is 2.68. The second-order valence-corrected chi connectivity index (χ2v) is 4.04. The van der Waals surface area contributed by atoms with Crippen molar-refractivity contribution in [1.29, 1.82) is 0 Å². The highest BCUT2D eigenvalue weighted by Gasteiger charge is 2.04. The average molecular weight is 340 g/mol. The summed E-state index contributed by atoms with van der Waals surface area (Å²) in [5.41, 5.74) is 1.06. The first-order valence-corrected chi connectivity index (χ1v) is 5.40. The first-order chi connectivity index (χ1) is 7.31. The van der Waals surface area contributed by atoms with E-state index in [1.165, 1.54) is 0 Å². The molecule has 0 aliphatic heterocycles. The van der Waals surface area contributed by atoms with Gasteiger partial charge < -0.3 is 5.32 Å². The van der Waals surface area contributed by atoms with Gasteiger partial charge in [0.2, 0.25) is 0 Å². The third-order valence-electron chi connectivity index (χ3n) is 2.06. The molecule has 1 N–H and O–H groups in total. The van der Waals surface area contributed by atoms with Crippen LogP contribution in [0.5, 0.6) is 0 Å². The maximum Gasteiger partial charge on any atom is 0.151 e. The van der Waals surface area contributed by atoms with Gasteiger partial charge in [0.15, 0.2) is 5.82 Å². The van der Waals surface area contributed by atoms with Gasteiger partial charge >= 0.3 is 0 Å². The SMILES string of the molecule is CNCc1nncn1-c1ccc(Br)cc1.Cl.Cl. The van der Waals surface area contributed by atoms with Gasteiger partial charge in [-0.3, -0.25) is 4.57 Å². The normalized spacial score (nSPS) is 9.29. The Labute approximate surface area is 121 Å². The molecule has 0 fully saturated rings. The lowest BCUT2D eigenvalue weighted by Crippen LogP contribution is -2.11. The van der Waals surface area contributed by atoms with Gasteiger partial charge in [-0.15, -0.1) is 35.0 Å². The van der Waals surface area contributed by atoms with E-state index in [0.29, 0.717) is 6.54 Å². The predicted molar refractivity (Wildman–Crippen MR) is 76.3 cm³/mol. The van der Waals surface area contributed by atoms with Crippen LogP contribution in [0.15, 0.2) is 35.1 Å². The van der Waals surface area contributed by atoms with Crippen LogP contribution in [0.25, 0.3) is 5.69 Å². The minimum Gasteiger partial charge on any atom is -0.313 e. The number of hydrogen-bond donors (Lipinski definition) is 1. The zero-order chi connectivity index (χ0) is 10.7. The van der Waals surface area contributed by atoms with Crippen LogP contribution in [-0.4, -0.2) is 21.8 Å². The third kappa shape index (κ3) is 3.96. The molecular formula is C10H13BrCl2N4. The minimum absolute atomic E-state index is 0. The number of nitrogens with one attached hydrogen (secondary N) is 1. The van der Waals surface area contributed by atoms with E-state index in [4.69, 9.17) is 0 Å². The molecule has 4 nitrogen and oxygen atoms in total. The molecule has 0 bridgehead atoms. The number of halogens is 3. The third-order valence-corrected chi connectivity index (χ3v) is 2.59. The second-order valence-electron chi connectivity index (χ2n) is 3.12. The fraction of sp³-hybridized carbons (Fsp3) is 0.200. The Morgan fingerprint density at radius 3 is 2.47 bits per heavy atom. The molecule has 17 heavy (non-hydrogen) atoms. The van der Waals surface area contributed by atoms with Gasteiger partial charge in [0.25, 0.3) is 0 Å². The van der Waals surface area contributed by atoms with Crippen molar-refractivity contribution in [1.82, 2.24) is 20.1 Å². The second kappa shape index (κ2) is 7.66. The summed E-state index contributed by atoms with van der Waals surface area (Å²) in [5, 5.41) is 11.0. The van der Waals surface area contributed by atoms with E-state index in [1.807, 2.05) is 35.9 Å². The van der Waals surface area contributed by atoms with Gasteiger partial charge in [-0.25, -0.2) is 0 Å². The molecule has 1 heterocycles. The molecule has 94 valence electrons. The Kier molecular flexibility index (Phi) is 7.38. The number of nitrogens with zero attached hydrogens (tertiary/aromatic N) is 3. The molecule has 0 spiro atoms. The van der Waals surface area contributed by atoms with Crippen LogP contribution in [0.3, 0.4) is 0 Å². The van der Waals surface area contributed by atoms with E-state index < -0.39 is 0 Å². The van der Waals surface area contributed by atoms with Crippen molar-refractivity contribution in [3.63, 3.8) is 0 Å². The lowest BCUT2D eigenvalue weighted by atomic mass is 10.3. The summed E-state index contributed by atoms with van der Waals surface area (Å²) in [6, 6.07) is 8.04. The van der Waals surface area contributed by atoms with Crippen LogP contribution in [0.4, 0.5) is 0 Å². The molecule has 2 aromatic rings. The first kappa shape index (κ1) is 16.4. The largest absolute Gasteiger partial charge is 0.313 e. The summed E-state index contributed by atoms with van der Waals surface area (Å²) in [7, 11) is 1.89. The number of benzene rings is 1. The van der Waals surface area contributed by atoms with Crippen LogP contribution in [0, 0.1) is 0 Å². The minimum atomic E-state index is 0. The molecule has 0 unspecified atom stereocenters. The van der Waals surface area contributed by atoms with Crippen LogP contribution in [-0.2, 0) is 6.54 Å². The summed E-state index contributed by atoms with van der Waals surface area (Å²) >= 11 is 3.41.